The van der Waals surface area contributed by atoms with Gasteiger partial charge in [-0.2, -0.15) is 0 Å². The van der Waals surface area contributed by atoms with Crippen LogP contribution >= 0.6 is 0 Å². The molecular formula is C13H22O4. The van der Waals surface area contributed by atoms with Gasteiger partial charge in [-0.05, 0) is 39.5 Å². The molecule has 0 spiro atoms. The van der Waals surface area contributed by atoms with Gasteiger partial charge in [-0.1, -0.05) is 12.8 Å². The van der Waals surface area contributed by atoms with Gasteiger partial charge in [-0.3, -0.25) is 9.59 Å². The number of hydrogen-bond donors (Lipinski definition) is 1. The third-order valence-electron chi connectivity index (χ3n) is 3.07. The van der Waals surface area contributed by atoms with Crippen molar-refractivity contribution in [3.8, 4) is 0 Å². The van der Waals surface area contributed by atoms with E-state index >= 15 is 0 Å². The van der Waals surface area contributed by atoms with Crippen LogP contribution in [0.25, 0.3) is 0 Å². The molecule has 1 rings (SSSR count). The van der Waals surface area contributed by atoms with E-state index in [0.717, 1.165) is 25.7 Å². The molecule has 17 heavy (non-hydrogen) atoms. The molecule has 98 valence electrons. The maximum absolute atomic E-state index is 12.0. The lowest BCUT2D eigenvalue weighted by Crippen LogP contribution is -2.33. The fourth-order valence-electron chi connectivity index (χ4n) is 2.37. The summed E-state index contributed by atoms with van der Waals surface area (Å²) in [7, 11) is 0. The van der Waals surface area contributed by atoms with Gasteiger partial charge in [0.2, 0.25) is 0 Å². The van der Waals surface area contributed by atoms with Crippen molar-refractivity contribution in [2.24, 2.45) is 11.8 Å². The van der Waals surface area contributed by atoms with E-state index in [1.165, 1.54) is 0 Å². The van der Waals surface area contributed by atoms with Crippen LogP contribution in [0.5, 0.6) is 0 Å². The first kappa shape index (κ1) is 14.0. The summed E-state index contributed by atoms with van der Waals surface area (Å²) in [6.45, 7) is 5.41. The molecule has 0 bridgehead atoms. The second-order valence-electron chi connectivity index (χ2n) is 5.78. The van der Waals surface area contributed by atoms with Crippen LogP contribution in [0.2, 0.25) is 0 Å². The van der Waals surface area contributed by atoms with E-state index in [2.05, 4.69) is 0 Å². The summed E-state index contributed by atoms with van der Waals surface area (Å²) >= 11 is 0. The Balaban J connectivity index is 2.67. The largest absolute Gasteiger partial charge is 0.481 e. The van der Waals surface area contributed by atoms with E-state index in [9.17, 15) is 9.59 Å². The fraction of sp³-hybridized carbons (Fsp3) is 0.846. The van der Waals surface area contributed by atoms with Gasteiger partial charge in [0.25, 0.3) is 0 Å². The maximum atomic E-state index is 12.0. The van der Waals surface area contributed by atoms with E-state index in [4.69, 9.17) is 9.84 Å². The monoisotopic (exact) mass is 242 g/mol. The van der Waals surface area contributed by atoms with E-state index in [1.54, 1.807) is 20.8 Å². The lowest BCUT2D eigenvalue weighted by molar-refractivity contribution is -0.165. The summed E-state index contributed by atoms with van der Waals surface area (Å²) in [5.74, 6) is -1.57. The molecule has 0 aromatic heterocycles. The van der Waals surface area contributed by atoms with E-state index in [-0.39, 0.29) is 18.3 Å². The molecule has 4 nitrogen and oxygen atoms in total. The molecule has 0 saturated heterocycles. The number of rotatable bonds is 4. The van der Waals surface area contributed by atoms with Gasteiger partial charge >= 0.3 is 11.9 Å². The first-order valence-electron chi connectivity index (χ1n) is 6.24. The molecule has 1 fully saturated rings. The Labute approximate surface area is 102 Å². The highest BCUT2D eigenvalue weighted by atomic mass is 16.6. The molecule has 4 heteroatoms. The Kier molecular flexibility index (Phi) is 4.54. The summed E-state index contributed by atoms with van der Waals surface area (Å²) in [5, 5.41) is 8.88. The molecule has 0 radical (unpaired) electrons. The number of esters is 1. The minimum atomic E-state index is -0.923. The quantitative estimate of drug-likeness (QED) is 0.770. The number of aliphatic carboxylic acids is 1. The normalized spacial score (nSPS) is 19.0. The van der Waals surface area contributed by atoms with Gasteiger partial charge in [0.1, 0.15) is 5.60 Å². The topological polar surface area (TPSA) is 63.6 Å². The Morgan fingerprint density at radius 3 is 2.24 bits per heavy atom. The Hall–Kier alpha value is -1.06. The lowest BCUT2D eigenvalue weighted by atomic mass is 9.88. The average molecular weight is 242 g/mol. The average Bonchev–Trinajstić information content (AvgIpc) is 2.63. The first-order valence-corrected chi connectivity index (χ1v) is 6.24. The third kappa shape index (κ3) is 4.75. The van der Waals surface area contributed by atoms with E-state index < -0.39 is 17.5 Å². The van der Waals surface area contributed by atoms with Gasteiger partial charge in [0.15, 0.2) is 0 Å². The summed E-state index contributed by atoms with van der Waals surface area (Å²) in [6, 6.07) is 0. The fourth-order valence-corrected chi connectivity index (χ4v) is 2.37. The zero-order valence-electron chi connectivity index (χ0n) is 10.9. The highest BCUT2D eigenvalue weighted by molar-refractivity contribution is 5.79. The number of hydrogen-bond acceptors (Lipinski definition) is 3. The van der Waals surface area contributed by atoms with Gasteiger partial charge in [0, 0.05) is 0 Å². The molecular weight excluding hydrogens is 220 g/mol. The van der Waals surface area contributed by atoms with Crippen molar-refractivity contribution < 1.29 is 19.4 Å². The van der Waals surface area contributed by atoms with Crippen LogP contribution in [0.3, 0.4) is 0 Å². The Morgan fingerprint density at radius 2 is 1.82 bits per heavy atom. The Bertz CT molecular complexity index is 284. The molecule has 0 aromatic carbocycles. The summed E-state index contributed by atoms with van der Waals surface area (Å²) in [5.41, 5.74) is -0.549. The number of carbonyl (C=O) groups excluding carboxylic acids is 1. The lowest BCUT2D eigenvalue weighted by Gasteiger charge is -2.26. The number of ether oxygens (including phenoxy) is 1. The first-order chi connectivity index (χ1) is 7.79. The molecule has 1 unspecified atom stereocenters. The van der Waals surface area contributed by atoms with Gasteiger partial charge in [0.05, 0.1) is 12.3 Å². The van der Waals surface area contributed by atoms with Crippen molar-refractivity contribution in [2.75, 3.05) is 0 Å². The van der Waals surface area contributed by atoms with Crippen LogP contribution in [0.15, 0.2) is 0 Å². The summed E-state index contributed by atoms with van der Waals surface area (Å²) in [6.07, 6.45) is 3.95. The van der Waals surface area contributed by atoms with Crippen molar-refractivity contribution in [2.45, 2.75) is 58.5 Å². The molecule has 1 N–H and O–H groups in total. The third-order valence-corrected chi connectivity index (χ3v) is 3.07. The van der Waals surface area contributed by atoms with Crippen molar-refractivity contribution in [3.63, 3.8) is 0 Å². The van der Waals surface area contributed by atoms with Crippen LogP contribution in [0.1, 0.15) is 52.9 Å². The maximum Gasteiger partial charge on any atom is 0.310 e. The van der Waals surface area contributed by atoms with Crippen LogP contribution in [-0.4, -0.2) is 22.6 Å². The molecule has 0 heterocycles. The van der Waals surface area contributed by atoms with Crippen molar-refractivity contribution in [1.29, 1.82) is 0 Å². The molecule has 1 atom stereocenters. The second-order valence-corrected chi connectivity index (χ2v) is 5.78. The summed E-state index contributed by atoms with van der Waals surface area (Å²) in [4.78, 5) is 22.8. The zero-order valence-corrected chi connectivity index (χ0v) is 10.9. The second kappa shape index (κ2) is 5.52. The van der Waals surface area contributed by atoms with Crippen LogP contribution in [0.4, 0.5) is 0 Å². The molecule has 0 amide bonds. The minimum absolute atomic E-state index is 0.112. The van der Waals surface area contributed by atoms with E-state index in [0.29, 0.717) is 0 Å². The number of carboxylic acids is 1. The highest BCUT2D eigenvalue weighted by Crippen LogP contribution is 2.34. The van der Waals surface area contributed by atoms with Crippen LogP contribution < -0.4 is 0 Å². The SMILES string of the molecule is CC(C)(C)OC(=O)C(CC(=O)O)C1CCCC1. The standard InChI is InChI=1S/C13H22O4/c1-13(2,3)17-12(16)10(8-11(14)15)9-6-4-5-7-9/h9-10H,4-8H2,1-3H3,(H,14,15). The van der Waals surface area contributed by atoms with Gasteiger partial charge in [-0.15, -0.1) is 0 Å². The van der Waals surface area contributed by atoms with Crippen molar-refractivity contribution in [1.82, 2.24) is 0 Å². The number of carbonyl (C=O) groups is 2. The molecule has 1 aliphatic carbocycles. The summed E-state index contributed by atoms with van der Waals surface area (Å²) < 4.78 is 5.31. The predicted molar refractivity (Wildman–Crippen MR) is 63.5 cm³/mol. The molecule has 0 aliphatic heterocycles. The molecule has 0 aromatic rings. The Morgan fingerprint density at radius 1 is 1.29 bits per heavy atom. The van der Waals surface area contributed by atoms with Crippen LogP contribution in [-0.2, 0) is 14.3 Å². The molecule has 1 saturated carbocycles. The van der Waals surface area contributed by atoms with Crippen molar-refractivity contribution >= 4 is 11.9 Å². The molecule has 1 aliphatic rings. The smallest absolute Gasteiger partial charge is 0.310 e. The number of carboxylic acid groups (broad SMARTS) is 1. The van der Waals surface area contributed by atoms with Crippen molar-refractivity contribution in [3.05, 3.63) is 0 Å². The minimum Gasteiger partial charge on any atom is -0.481 e. The highest BCUT2D eigenvalue weighted by Gasteiger charge is 2.35. The zero-order chi connectivity index (χ0) is 13.1. The van der Waals surface area contributed by atoms with Crippen LogP contribution in [0, 0.1) is 11.8 Å². The van der Waals surface area contributed by atoms with Gasteiger partial charge in [-0.25, -0.2) is 0 Å². The van der Waals surface area contributed by atoms with E-state index in [1.807, 2.05) is 0 Å². The van der Waals surface area contributed by atoms with Gasteiger partial charge < -0.3 is 9.84 Å². The predicted octanol–water partition coefficient (Wildman–Crippen LogP) is 2.61.